The third kappa shape index (κ3) is 2.47. The topological polar surface area (TPSA) is 56.0 Å². The maximum absolute atomic E-state index is 12.3. The minimum Gasteiger partial charge on any atom is -0.397 e. The molecule has 0 bridgehead atoms. The molecule has 2 aromatic rings. The summed E-state index contributed by atoms with van der Waals surface area (Å²) in [5, 5.41) is 0.594. The summed E-state index contributed by atoms with van der Waals surface area (Å²) in [6, 6.07) is 8.26. The molecule has 18 heavy (non-hydrogen) atoms. The highest BCUT2D eigenvalue weighted by molar-refractivity contribution is 6.35. The minimum atomic E-state index is -0.333. The van der Waals surface area contributed by atoms with Gasteiger partial charge in [0, 0.05) is 5.56 Å². The lowest BCUT2D eigenvalue weighted by Crippen LogP contribution is -2.08. The van der Waals surface area contributed by atoms with Gasteiger partial charge < -0.3 is 5.73 Å². The molecule has 2 N–H and O–H groups in total. The summed E-state index contributed by atoms with van der Waals surface area (Å²) in [5.41, 5.74) is 7.46. The molecule has 0 aliphatic heterocycles. The predicted molar refractivity (Wildman–Crippen MR) is 73.3 cm³/mol. The van der Waals surface area contributed by atoms with E-state index in [-0.39, 0.29) is 22.3 Å². The number of aryl methyl sites for hydroxylation is 1. The molecule has 0 aliphatic carbocycles. The number of aromatic nitrogens is 1. The SMILES string of the molecule is Cc1ccc(C(=O)c2nc(Cl)ccc2N)c(Cl)c1. The van der Waals surface area contributed by atoms with Gasteiger partial charge in [0.15, 0.2) is 0 Å². The second-order valence-electron chi connectivity index (χ2n) is 3.88. The fourth-order valence-corrected chi connectivity index (χ4v) is 2.03. The quantitative estimate of drug-likeness (QED) is 0.677. The molecule has 0 aliphatic rings. The molecular formula is C13H10Cl2N2O. The van der Waals surface area contributed by atoms with Crippen LogP contribution in [0.25, 0.3) is 0 Å². The molecule has 5 heteroatoms. The molecule has 1 aromatic heterocycles. The zero-order valence-electron chi connectivity index (χ0n) is 9.58. The molecule has 0 radical (unpaired) electrons. The number of nitrogens with two attached hydrogens (primary N) is 1. The number of nitrogen functional groups attached to an aromatic ring is 1. The monoisotopic (exact) mass is 280 g/mol. The normalized spacial score (nSPS) is 10.4. The Hall–Kier alpha value is -1.58. The van der Waals surface area contributed by atoms with Crippen LogP contribution in [0.5, 0.6) is 0 Å². The zero-order valence-corrected chi connectivity index (χ0v) is 11.1. The number of halogens is 2. The van der Waals surface area contributed by atoms with Crippen molar-refractivity contribution in [2.75, 3.05) is 5.73 Å². The average molecular weight is 281 g/mol. The smallest absolute Gasteiger partial charge is 0.215 e. The second kappa shape index (κ2) is 4.96. The summed E-state index contributed by atoms with van der Waals surface area (Å²) in [7, 11) is 0. The van der Waals surface area contributed by atoms with Crippen molar-refractivity contribution >= 4 is 34.7 Å². The minimum absolute atomic E-state index is 0.119. The van der Waals surface area contributed by atoms with E-state index in [1.54, 1.807) is 24.3 Å². The summed E-state index contributed by atoms with van der Waals surface area (Å²) in [6.07, 6.45) is 0. The number of carbonyl (C=O) groups is 1. The first kappa shape index (κ1) is 12.9. The van der Waals surface area contributed by atoms with Crippen LogP contribution in [0.1, 0.15) is 21.6 Å². The highest BCUT2D eigenvalue weighted by Crippen LogP contribution is 2.23. The van der Waals surface area contributed by atoms with Crippen LogP contribution >= 0.6 is 23.2 Å². The van der Waals surface area contributed by atoms with Crippen LogP contribution in [0, 0.1) is 6.92 Å². The molecule has 0 unspecified atom stereocenters. The number of benzene rings is 1. The lowest BCUT2D eigenvalue weighted by atomic mass is 10.0. The van der Waals surface area contributed by atoms with Gasteiger partial charge in [-0.3, -0.25) is 4.79 Å². The second-order valence-corrected chi connectivity index (χ2v) is 4.68. The molecule has 92 valence electrons. The molecule has 2 rings (SSSR count). The van der Waals surface area contributed by atoms with Gasteiger partial charge >= 0.3 is 0 Å². The standard InChI is InChI=1S/C13H10Cl2N2O/c1-7-2-3-8(9(14)6-7)13(18)12-10(16)4-5-11(15)17-12/h2-6H,16H2,1H3. The fourth-order valence-electron chi connectivity index (χ4n) is 1.56. The van der Waals surface area contributed by atoms with Gasteiger partial charge in [-0.15, -0.1) is 0 Å². The Morgan fingerprint density at radius 3 is 2.61 bits per heavy atom. The van der Waals surface area contributed by atoms with E-state index in [4.69, 9.17) is 28.9 Å². The van der Waals surface area contributed by atoms with E-state index in [0.717, 1.165) is 5.56 Å². The Balaban J connectivity index is 2.51. The van der Waals surface area contributed by atoms with Crippen LogP contribution in [0.15, 0.2) is 30.3 Å². The number of rotatable bonds is 2. The lowest BCUT2D eigenvalue weighted by molar-refractivity contribution is 0.103. The van der Waals surface area contributed by atoms with Gasteiger partial charge in [0.1, 0.15) is 10.8 Å². The number of anilines is 1. The summed E-state index contributed by atoms with van der Waals surface area (Å²) < 4.78 is 0. The van der Waals surface area contributed by atoms with E-state index < -0.39 is 0 Å². The molecule has 1 heterocycles. The molecule has 0 fully saturated rings. The van der Waals surface area contributed by atoms with Gasteiger partial charge in [-0.1, -0.05) is 29.3 Å². The van der Waals surface area contributed by atoms with Crippen molar-refractivity contribution in [2.24, 2.45) is 0 Å². The van der Waals surface area contributed by atoms with E-state index in [0.29, 0.717) is 10.6 Å². The van der Waals surface area contributed by atoms with Gasteiger partial charge in [0.05, 0.1) is 10.7 Å². The largest absolute Gasteiger partial charge is 0.397 e. The van der Waals surface area contributed by atoms with E-state index in [2.05, 4.69) is 4.98 Å². The van der Waals surface area contributed by atoms with Crippen molar-refractivity contribution in [3.8, 4) is 0 Å². The molecule has 3 nitrogen and oxygen atoms in total. The molecular weight excluding hydrogens is 271 g/mol. The van der Waals surface area contributed by atoms with Crippen LogP contribution in [0.2, 0.25) is 10.2 Å². The summed E-state index contributed by atoms with van der Waals surface area (Å²) in [6.45, 7) is 1.89. The van der Waals surface area contributed by atoms with E-state index in [9.17, 15) is 4.79 Å². The predicted octanol–water partition coefficient (Wildman–Crippen LogP) is 3.51. The summed E-state index contributed by atoms with van der Waals surface area (Å²) in [5.74, 6) is -0.333. The number of carbonyl (C=O) groups excluding carboxylic acids is 1. The Labute approximate surface area is 115 Å². The van der Waals surface area contributed by atoms with Crippen molar-refractivity contribution in [3.63, 3.8) is 0 Å². The number of hydrogen-bond donors (Lipinski definition) is 1. The number of pyridine rings is 1. The molecule has 0 atom stereocenters. The van der Waals surface area contributed by atoms with Crippen molar-refractivity contribution in [3.05, 3.63) is 57.3 Å². The van der Waals surface area contributed by atoms with Crippen LogP contribution in [-0.4, -0.2) is 10.8 Å². The Morgan fingerprint density at radius 1 is 1.22 bits per heavy atom. The number of ketones is 1. The average Bonchev–Trinajstić information content (AvgIpc) is 2.31. The third-order valence-electron chi connectivity index (χ3n) is 2.48. The van der Waals surface area contributed by atoms with Crippen LogP contribution < -0.4 is 5.73 Å². The number of hydrogen-bond acceptors (Lipinski definition) is 3. The third-order valence-corrected chi connectivity index (χ3v) is 3.00. The van der Waals surface area contributed by atoms with Gasteiger partial charge in [-0.2, -0.15) is 0 Å². The Morgan fingerprint density at radius 2 is 1.94 bits per heavy atom. The van der Waals surface area contributed by atoms with E-state index in [1.165, 1.54) is 6.07 Å². The van der Waals surface area contributed by atoms with Gasteiger partial charge in [0.2, 0.25) is 5.78 Å². The van der Waals surface area contributed by atoms with E-state index in [1.807, 2.05) is 6.92 Å². The van der Waals surface area contributed by atoms with Gasteiger partial charge in [-0.05, 0) is 36.8 Å². The molecule has 0 saturated carbocycles. The summed E-state index contributed by atoms with van der Waals surface area (Å²) in [4.78, 5) is 16.2. The molecule has 0 spiro atoms. The van der Waals surface area contributed by atoms with Crippen molar-refractivity contribution in [2.45, 2.75) is 6.92 Å². The molecule has 0 saturated heterocycles. The Bertz CT molecular complexity index is 626. The first-order valence-corrected chi connectivity index (χ1v) is 5.97. The lowest BCUT2D eigenvalue weighted by Gasteiger charge is -2.06. The Kier molecular flexibility index (Phi) is 3.55. The maximum Gasteiger partial charge on any atom is 0.215 e. The van der Waals surface area contributed by atoms with E-state index >= 15 is 0 Å². The summed E-state index contributed by atoms with van der Waals surface area (Å²) >= 11 is 11.8. The zero-order chi connectivity index (χ0) is 13.3. The van der Waals surface area contributed by atoms with Gasteiger partial charge in [-0.25, -0.2) is 4.98 Å². The molecule has 0 amide bonds. The highest BCUT2D eigenvalue weighted by Gasteiger charge is 2.17. The van der Waals surface area contributed by atoms with Crippen molar-refractivity contribution < 1.29 is 4.79 Å². The van der Waals surface area contributed by atoms with Crippen LogP contribution in [-0.2, 0) is 0 Å². The van der Waals surface area contributed by atoms with Crippen molar-refractivity contribution in [1.29, 1.82) is 0 Å². The van der Waals surface area contributed by atoms with Crippen LogP contribution in [0.4, 0.5) is 5.69 Å². The molecule has 1 aromatic carbocycles. The maximum atomic E-state index is 12.3. The number of nitrogens with zero attached hydrogens (tertiary/aromatic N) is 1. The first-order valence-electron chi connectivity index (χ1n) is 5.22. The van der Waals surface area contributed by atoms with Gasteiger partial charge in [0.25, 0.3) is 0 Å². The van der Waals surface area contributed by atoms with Crippen molar-refractivity contribution in [1.82, 2.24) is 4.98 Å². The highest BCUT2D eigenvalue weighted by atomic mass is 35.5. The fraction of sp³-hybridized carbons (Fsp3) is 0.0769. The first-order chi connectivity index (χ1) is 8.49. The van der Waals surface area contributed by atoms with Crippen LogP contribution in [0.3, 0.4) is 0 Å².